The van der Waals surface area contributed by atoms with Crippen LogP contribution in [0.2, 0.25) is 0 Å². The van der Waals surface area contributed by atoms with Crippen molar-refractivity contribution in [3.8, 4) is 5.88 Å². The molecule has 0 aliphatic carbocycles. The number of methoxy groups -OCH3 is 1. The van der Waals surface area contributed by atoms with Gasteiger partial charge in [-0.1, -0.05) is 18.1 Å². The predicted molar refractivity (Wildman–Crippen MR) is 94.0 cm³/mol. The van der Waals surface area contributed by atoms with Crippen molar-refractivity contribution in [3.05, 3.63) is 47.4 Å². The largest absolute Gasteiger partial charge is 0.475 e. The SMILES string of the molecule is CCc1noc2ncc(C(=O)NCc3cccnc3OCCOC)cc12. The minimum atomic E-state index is -0.241. The number of fused-ring (bicyclic) bond motifs is 1. The van der Waals surface area contributed by atoms with Gasteiger partial charge in [-0.25, -0.2) is 9.97 Å². The molecule has 0 saturated carbocycles. The van der Waals surface area contributed by atoms with Crippen LogP contribution in [0.5, 0.6) is 5.88 Å². The van der Waals surface area contributed by atoms with Crippen LogP contribution in [0.25, 0.3) is 11.1 Å². The van der Waals surface area contributed by atoms with E-state index in [0.29, 0.717) is 36.8 Å². The van der Waals surface area contributed by atoms with Gasteiger partial charge in [0.05, 0.1) is 23.3 Å². The fourth-order valence-electron chi connectivity index (χ4n) is 2.45. The van der Waals surface area contributed by atoms with Gasteiger partial charge in [-0.05, 0) is 18.6 Å². The Bertz CT molecular complexity index is 894. The summed E-state index contributed by atoms with van der Waals surface area (Å²) >= 11 is 0. The second kappa shape index (κ2) is 8.39. The molecule has 1 amide bonds. The zero-order valence-electron chi connectivity index (χ0n) is 14.7. The Balaban J connectivity index is 1.69. The smallest absolute Gasteiger partial charge is 0.257 e. The lowest BCUT2D eigenvalue weighted by atomic mass is 10.1. The first-order valence-corrected chi connectivity index (χ1v) is 8.31. The molecule has 8 heteroatoms. The lowest BCUT2D eigenvalue weighted by Gasteiger charge is -2.10. The molecule has 0 bridgehead atoms. The molecule has 0 unspecified atom stereocenters. The van der Waals surface area contributed by atoms with Crippen LogP contribution in [0.4, 0.5) is 0 Å². The van der Waals surface area contributed by atoms with Gasteiger partial charge in [-0.2, -0.15) is 0 Å². The van der Waals surface area contributed by atoms with Crippen LogP contribution in [-0.4, -0.2) is 41.4 Å². The van der Waals surface area contributed by atoms with E-state index >= 15 is 0 Å². The second-order valence-electron chi connectivity index (χ2n) is 5.55. The summed E-state index contributed by atoms with van der Waals surface area (Å²) < 4.78 is 15.7. The van der Waals surface area contributed by atoms with Gasteiger partial charge in [-0.3, -0.25) is 4.79 Å². The van der Waals surface area contributed by atoms with Gasteiger partial charge in [0.2, 0.25) is 5.88 Å². The van der Waals surface area contributed by atoms with E-state index in [0.717, 1.165) is 16.6 Å². The number of nitrogens with zero attached hydrogens (tertiary/aromatic N) is 3. The summed E-state index contributed by atoms with van der Waals surface area (Å²) in [5.74, 6) is 0.236. The number of aryl methyl sites for hydroxylation is 1. The number of hydrogen-bond acceptors (Lipinski definition) is 7. The van der Waals surface area contributed by atoms with Gasteiger partial charge < -0.3 is 19.3 Å². The van der Waals surface area contributed by atoms with Crippen LogP contribution < -0.4 is 10.1 Å². The highest BCUT2D eigenvalue weighted by atomic mass is 16.5. The quantitative estimate of drug-likeness (QED) is 0.617. The number of carbonyl (C=O) groups is 1. The molecule has 0 atom stereocenters. The summed E-state index contributed by atoms with van der Waals surface area (Å²) in [4.78, 5) is 20.8. The molecule has 0 radical (unpaired) electrons. The van der Waals surface area contributed by atoms with Gasteiger partial charge in [-0.15, -0.1) is 0 Å². The molecule has 1 N–H and O–H groups in total. The van der Waals surface area contributed by atoms with Crippen LogP contribution in [0.1, 0.15) is 28.5 Å². The van der Waals surface area contributed by atoms with E-state index in [-0.39, 0.29) is 12.5 Å². The van der Waals surface area contributed by atoms with Crippen LogP contribution in [0.15, 0.2) is 35.1 Å². The van der Waals surface area contributed by atoms with E-state index in [1.54, 1.807) is 25.4 Å². The van der Waals surface area contributed by atoms with Crippen molar-refractivity contribution < 1.29 is 18.8 Å². The number of hydrogen-bond donors (Lipinski definition) is 1. The standard InChI is InChI=1S/C18H20N4O4/c1-3-15-14-9-13(11-21-18(14)26-22-15)16(23)20-10-12-5-4-6-19-17(12)25-8-7-24-2/h4-6,9,11H,3,7-8,10H2,1-2H3,(H,20,23). The molecule has 26 heavy (non-hydrogen) atoms. The highest BCUT2D eigenvalue weighted by molar-refractivity contribution is 5.96. The van der Waals surface area contributed by atoms with E-state index in [1.165, 1.54) is 6.20 Å². The van der Waals surface area contributed by atoms with Crippen molar-refractivity contribution in [2.75, 3.05) is 20.3 Å². The number of nitrogens with one attached hydrogen (secondary N) is 1. The van der Waals surface area contributed by atoms with Crippen molar-refractivity contribution in [1.82, 2.24) is 20.4 Å². The summed E-state index contributed by atoms with van der Waals surface area (Å²) in [5.41, 5.74) is 2.44. The van der Waals surface area contributed by atoms with E-state index in [1.807, 2.05) is 13.0 Å². The fourth-order valence-corrected chi connectivity index (χ4v) is 2.45. The number of rotatable bonds is 8. The maximum Gasteiger partial charge on any atom is 0.257 e. The Morgan fingerprint density at radius 1 is 1.31 bits per heavy atom. The Morgan fingerprint density at radius 3 is 3.00 bits per heavy atom. The molecule has 0 spiro atoms. The van der Waals surface area contributed by atoms with Crippen molar-refractivity contribution in [2.45, 2.75) is 19.9 Å². The topological polar surface area (TPSA) is 99.4 Å². The van der Waals surface area contributed by atoms with Crippen molar-refractivity contribution in [2.24, 2.45) is 0 Å². The van der Waals surface area contributed by atoms with Crippen molar-refractivity contribution in [3.63, 3.8) is 0 Å². The lowest BCUT2D eigenvalue weighted by Crippen LogP contribution is -2.23. The van der Waals surface area contributed by atoms with Gasteiger partial charge in [0.15, 0.2) is 0 Å². The van der Waals surface area contributed by atoms with Gasteiger partial charge in [0, 0.05) is 31.6 Å². The van der Waals surface area contributed by atoms with Crippen molar-refractivity contribution >= 4 is 17.0 Å². The summed E-state index contributed by atoms with van der Waals surface area (Å²) in [6.07, 6.45) is 3.82. The Morgan fingerprint density at radius 2 is 2.19 bits per heavy atom. The van der Waals surface area contributed by atoms with Crippen LogP contribution in [0.3, 0.4) is 0 Å². The zero-order chi connectivity index (χ0) is 18.4. The first-order valence-electron chi connectivity index (χ1n) is 8.31. The van der Waals surface area contributed by atoms with E-state index < -0.39 is 0 Å². The van der Waals surface area contributed by atoms with E-state index in [2.05, 4.69) is 20.4 Å². The molecule has 0 saturated heterocycles. The number of carbonyl (C=O) groups excluding carboxylic acids is 1. The predicted octanol–water partition coefficient (Wildman–Crippen LogP) is 2.14. The number of ether oxygens (including phenoxy) is 2. The third-order valence-corrected chi connectivity index (χ3v) is 3.82. The average Bonchev–Trinajstić information content (AvgIpc) is 3.09. The van der Waals surface area contributed by atoms with Crippen LogP contribution in [0, 0.1) is 0 Å². The number of pyridine rings is 2. The molecule has 0 fully saturated rings. The summed E-state index contributed by atoms with van der Waals surface area (Å²) in [5, 5.41) is 7.56. The third kappa shape index (κ3) is 3.97. The van der Waals surface area contributed by atoms with E-state index in [9.17, 15) is 4.79 Å². The summed E-state index contributed by atoms with van der Waals surface area (Å²) in [7, 11) is 1.60. The summed E-state index contributed by atoms with van der Waals surface area (Å²) in [6, 6.07) is 5.39. The molecule has 3 aromatic heterocycles. The van der Waals surface area contributed by atoms with Crippen LogP contribution >= 0.6 is 0 Å². The zero-order valence-corrected chi connectivity index (χ0v) is 14.7. The average molecular weight is 356 g/mol. The maximum absolute atomic E-state index is 12.5. The molecular formula is C18H20N4O4. The normalized spacial score (nSPS) is 10.8. The molecule has 3 heterocycles. The lowest BCUT2D eigenvalue weighted by molar-refractivity contribution is 0.0950. The van der Waals surface area contributed by atoms with E-state index in [4.69, 9.17) is 14.0 Å². The molecular weight excluding hydrogens is 336 g/mol. The summed E-state index contributed by atoms with van der Waals surface area (Å²) in [6.45, 7) is 3.11. The molecule has 3 rings (SSSR count). The molecule has 0 aromatic carbocycles. The second-order valence-corrected chi connectivity index (χ2v) is 5.55. The minimum absolute atomic E-state index is 0.241. The van der Waals surface area contributed by atoms with Gasteiger partial charge in [0.1, 0.15) is 6.61 Å². The Hall–Kier alpha value is -3.00. The highest BCUT2D eigenvalue weighted by Crippen LogP contribution is 2.18. The van der Waals surface area contributed by atoms with Crippen LogP contribution in [-0.2, 0) is 17.7 Å². The first kappa shape index (κ1) is 17.8. The fraction of sp³-hybridized carbons (Fsp3) is 0.333. The number of aromatic nitrogens is 3. The van der Waals surface area contributed by atoms with Gasteiger partial charge >= 0.3 is 0 Å². The Kier molecular flexibility index (Phi) is 5.75. The molecule has 8 nitrogen and oxygen atoms in total. The Labute approximate surface area is 150 Å². The molecule has 0 aliphatic heterocycles. The van der Waals surface area contributed by atoms with Gasteiger partial charge in [0.25, 0.3) is 11.6 Å². The third-order valence-electron chi connectivity index (χ3n) is 3.82. The van der Waals surface area contributed by atoms with Crippen molar-refractivity contribution in [1.29, 1.82) is 0 Å². The molecule has 136 valence electrons. The molecule has 3 aromatic rings. The number of amides is 1. The minimum Gasteiger partial charge on any atom is -0.475 e. The monoisotopic (exact) mass is 356 g/mol. The molecule has 0 aliphatic rings. The first-order chi connectivity index (χ1) is 12.7. The maximum atomic E-state index is 12.5. The highest BCUT2D eigenvalue weighted by Gasteiger charge is 2.13.